The molecule has 0 spiro atoms. The first-order chi connectivity index (χ1) is 13.2. The fourth-order valence-corrected chi connectivity index (χ4v) is 3.96. The Morgan fingerprint density at radius 1 is 1.07 bits per heavy atom. The Bertz CT molecular complexity index is 1210. The lowest BCUT2D eigenvalue weighted by atomic mass is 9.95. The van der Waals surface area contributed by atoms with E-state index in [9.17, 15) is 0 Å². The van der Waals surface area contributed by atoms with Crippen molar-refractivity contribution in [2.75, 3.05) is 13.1 Å². The zero-order valence-electron chi connectivity index (χ0n) is 15.2. The van der Waals surface area contributed by atoms with Crippen LogP contribution < -0.4 is 0 Å². The number of aromatic amines is 1. The fourth-order valence-electron chi connectivity index (χ4n) is 3.96. The number of hydrogen-bond donors (Lipinski definition) is 1. The molecule has 0 atom stereocenters. The summed E-state index contributed by atoms with van der Waals surface area (Å²) >= 11 is 0. The Labute approximate surface area is 157 Å². The van der Waals surface area contributed by atoms with Crippen molar-refractivity contribution in [3.05, 3.63) is 59.5 Å². The smallest absolute Gasteiger partial charge is 0.141 e. The van der Waals surface area contributed by atoms with Crippen molar-refractivity contribution in [2.24, 2.45) is 0 Å². The van der Waals surface area contributed by atoms with Gasteiger partial charge in [-0.3, -0.25) is 4.90 Å². The second-order valence-electron chi connectivity index (χ2n) is 7.07. The molecule has 1 aromatic carbocycles. The molecule has 5 nitrogen and oxygen atoms in total. The SMILES string of the molecule is CCN1CCc2ccc(-c3cnc4[nH]c5cnc(C#N)cc5c4c3)cc2C1. The van der Waals surface area contributed by atoms with Crippen LogP contribution in [0.2, 0.25) is 0 Å². The van der Waals surface area contributed by atoms with Gasteiger partial charge in [0, 0.05) is 35.6 Å². The van der Waals surface area contributed by atoms with Crippen LogP contribution in [0.1, 0.15) is 23.7 Å². The predicted molar refractivity (Wildman–Crippen MR) is 106 cm³/mol. The Kier molecular flexibility index (Phi) is 3.66. The average Bonchev–Trinajstić information content (AvgIpc) is 3.09. The highest BCUT2D eigenvalue weighted by molar-refractivity contribution is 6.06. The number of hydrogen-bond acceptors (Lipinski definition) is 4. The summed E-state index contributed by atoms with van der Waals surface area (Å²) in [7, 11) is 0. The van der Waals surface area contributed by atoms with Crippen molar-refractivity contribution in [3.63, 3.8) is 0 Å². The molecule has 0 aliphatic carbocycles. The second-order valence-corrected chi connectivity index (χ2v) is 7.07. The largest absolute Gasteiger partial charge is 0.338 e. The number of likely N-dealkylation sites (N-methyl/N-ethyl adjacent to an activating group) is 1. The van der Waals surface area contributed by atoms with Crippen molar-refractivity contribution < 1.29 is 0 Å². The first kappa shape index (κ1) is 16.0. The van der Waals surface area contributed by atoms with Gasteiger partial charge in [-0.1, -0.05) is 19.1 Å². The lowest BCUT2D eigenvalue weighted by Crippen LogP contribution is -2.30. The quantitative estimate of drug-likeness (QED) is 0.591. The number of pyridine rings is 2. The summed E-state index contributed by atoms with van der Waals surface area (Å²) in [4.78, 5) is 14.5. The molecule has 27 heavy (non-hydrogen) atoms. The zero-order valence-corrected chi connectivity index (χ0v) is 15.2. The van der Waals surface area contributed by atoms with E-state index in [0.29, 0.717) is 5.69 Å². The van der Waals surface area contributed by atoms with Crippen LogP contribution in [0.25, 0.3) is 33.1 Å². The van der Waals surface area contributed by atoms with Gasteiger partial charge in [-0.25, -0.2) is 9.97 Å². The van der Waals surface area contributed by atoms with Crippen LogP contribution in [0.5, 0.6) is 0 Å². The minimum absolute atomic E-state index is 0.419. The normalized spacial score (nSPS) is 14.4. The average molecular weight is 353 g/mol. The van der Waals surface area contributed by atoms with E-state index in [1.54, 1.807) is 6.20 Å². The molecule has 5 heteroatoms. The van der Waals surface area contributed by atoms with Crippen LogP contribution in [0.4, 0.5) is 0 Å². The summed E-state index contributed by atoms with van der Waals surface area (Å²) in [5.74, 6) is 0. The minimum Gasteiger partial charge on any atom is -0.338 e. The van der Waals surface area contributed by atoms with E-state index in [4.69, 9.17) is 5.26 Å². The zero-order chi connectivity index (χ0) is 18.4. The van der Waals surface area contributed by atoms with E-state index in [-0.39, 0.29) is 0 Å². The molecule has 0 unspecified atom stereocenters. The topological polar surface area (TPSA) is 68.6 Å². The summed E-state index contributed by atoms with van der Waals surface area (Å²) in [5.41, 5.74) is 7.28. The van der Waals surface area contributed by atoms with Crippen molar-refractivity contribution in [1.82, 2.24) is 19.9 Å². The van der Waals surface area contributed by atoms with E-state index >= 15 is 0 Å². The maximum absolute atomic E-state index is 9.15. The first-order valence-corrected chi connectivity index (χ1v) is 9.27. The first-order valence-electron chi connectivity index (χ1n) is 9.27. The monoisotopic (exact) mass is 353 g/mol. The van der Waals surface area contributed by atoms with E-state index in [1.165, 1.54) is 16.7 Å². The molecule has 0 saturated heterocycles. The number of H-pyrrole nitrogens is 1. The van der Waals surface area contributed by atoms with Crippen LogP contribution in [0.15, 0.2) is 42.7 Å². The molecule has 0 amide bonds. The van der Waals surface area contributed by atoms with Gasteiger partial charge >= 0.3 is 0 Å². The Morgan fingerprint density at radius 2 is 2.00 bits per heavy atom. The van der Waals surface area contributed by atoms with Gasteiger partial charge < -0.3 is 4.98 Å². The van der Waals surface area contributed by atoms with Crippen LogP contribution >= 0.6 is 0 Å². The summed E-state index contributed by atoms with van der Waals surface area (Å²) in [5, 5.41) is 11.2. The second kappa shape index (κ2) is 6.19. The van der Waals surface area contributed by atoms with Gasteiger partial charge in [0.15, 0.2) is 0 Å². The third-order valence-corrected chi connectivity index (χ3v) is 5.53. The molecular weight excluding hydrogens is 334 g/mol. The molecule has 1 aliphatic rings. The molecule has 0 saturated carbocycles. The summed E-state index contributed by atoms with van der Waals surface area (Å²) in [6, 6.07) is 12.9. The minimum atomic E-state index is 0.419. The maximum Gasteiger partial charge on any atom is 0.141 e. The molecule has 4 aromatic rings. The third-order valence-electron chi connectivity index (χ3n) is 5.53. The molecule has 4 heterocycles. The number of nitriles is 1. The molecule has 5 rings (SSSR count). The standard InChI is InChI=1S/C22H19N5/c1-2-27-6-5-14-3-4-15(7-17(14)13-27)16-8-20-19-9-18(10-23)24-12-21(19)26-22(20)25-11-16/h3-4,7-9,11-12H,2,5-6,13H2,1H3,(H,25,26). The van der Waals surface area contributed by atoms with E-state index in [2.05, 4.69) is 57.1 Å². The lowest BCUT2D eigenvalue weighted by molar-refractivity contribution is 0.268. The number of nitrogens with zero attached hydrogens (tertiary/aromatic N) is 4. The maximum atomic E-state index is 9.15. The number of benzene rings is 1. The number of nitrogens with one attached hydrogen (secondary N) is 1. The van der Waals surface area contributed by atoms with Gasteiger partial charge in [0.2, 0.25) is 0 Å². The molecule has 1 N–H and O–H groups in total. The summed E-state index contributed by atoms with van der Waals surface area (Å²) in [6.45, 7) is 5.45. The summed E-state index contributed by atoms with van der Waals surface area (Å²) in [6.07, 6.45) is 4.74. The molecule has 0 fully saturated rings. The van der Waals surface area contributed by atoms with Crippen LogP contribution in [-0.4, -0.2) is 32.9 Å². The predicted octanol–water partition coefficient (Wildman–Crippen LogP) is 4.03. The van der Waals surface area contributed by atoms with Gasteiger partial charge in [-0.05, 0) is 47.9 Å². The Balaban J connectivity index is 1.63. The molecule has 1 aliphatic heterocycles. The van der Waals surface area contributed by atoms with Gasteiger partial charge in [0.1, 0.15) is 17.4 Å². The Hall–Kier alpha value is -3.23. The van der Waals surface area contributed by atoms with Crippen molar-refractivity contribution in [3.8, 4) is 17.2 Å². The van der Waals surface area contributed by atoms with Crippen LogP contribution in [0.3, 0.4) is 0 Å². The van der Waals surface area contributed by atoms with E-state index in [0.717, 1.165) is 53.6 Å². The van der Waals surface area contributed by atoms with Crippen molar-refractivity contribution in [2.45, 2.75) is 19.9 Å². The van der Waals surface area contributed by atoms with Crippen LogP contribution in [0, 0.1) is 11.3 Å². The highest BCUT2D eigenvalue weighted by Crippen LogP contribution is 2.30. The number of fused-ring (bicyclic) bond motifs is 4. The molecule has 3 aromatic heterocycles. The third kappa shape index (κ3) is 2.66. The van der Waals surface area contributed by atoms with Gasteiger partial charge in [-0.2, -0.15) is 5.26 Å². The van der Waals surface area contributed by atoms with E-state index < -0.39 is 0 Å². The van der Waals surface area contributed by atoms with Crippen molar-refractivity contribution >= 4 is 21.9 Å². The Morgan fingerprint density at radius 3 is 2.85 bits per heavy atom. The fraction of sp³-hybridized carbons (Fsp3) is 0.227. The highest BCUT2D eigenvalue weighted by atomic mass is 15.1. The molecule has 0 radical (unpaired) electrons. The number of rotatable bonds is 2. The molecule has 132 valence electrons. The molecule has 0 bridgehead atoms. The van der Waals surface area contributed by atoms with Crippen molar-refractivity contribution in [1.29, 1.82) is 5.26 Å². The molecular formula is C22H19N5. The van der Waals surface area contributed by atoms with Gasteiger partial charge in [0.25, 0.3) is 0 Å². The highest BCUT2D eigenvalue weighted by Gasteiger charge is 2.16. The van der Waals surface area contributed by atoms with Gasteiger partial charge in [-0.15, -0.1) is 0 Å². The lowest BCUT2D eigenvalue weighted by Gasteiger charge is -2.27. The van der Waals surface area contributed by atoms with Crippen LogP contribution in [-0.2, 0) is 13.0 Å². The van der Waals surface area contributed by atoms with Gasteiger partial charge in [0.05, 0.1) is 11.7 Å². The number of aromatic nitrogens is 3. The van der Waals surface area contributed by atoms with E-state index in [1.807, 2.05) is 12.3 Å². The summed E-state index contributed by atoms with van der Waals surface area (Å²) < 4.78 is 0.